The second-order valence-electron chi connectivity index (χ2n) is 4.32. The number of carboxylic acid groups (broad SMARTS) is 2. The number of rotatable bonds is 2. The Hall–Kier alpha value is -1.06. The maximum Gasteiger partial charge on any atom is 0.307 e. The van der Waals surface area contributed by atoms with E-state index in [-0.39, 0.29) is 0 Å². The molecule has 80 valence electrons. The molecule has 1 saturated carbocycles. The zero-order valence-corrected chi connectivity index (χ0v) is 8.43. The third kappa shape index (κ3) is 2.05. The van der Waals surface area contributed by atoms with Gasteiger partial charge in [-0.25, -0.2) is 0 Å². The van der Waals surface area contributed by atoms with Gasteiger partial charge in [0.25, 0.3) is 0 Å². The topological polar surface area (TPSA) is 74.6 Å². The summed E-state index contributed by atoms with van der Waals surface area (Å²) in [5, 5.41) is 17.8. The lowest BCUT2D eigenvalue weighted by atomic mass is 9.69. The van der Waals surface area contributed by atoms with Crippen molar-refractivity contribution < 1.29 is 19.8 Å². The van der Waals surface area contributed by atoms with E-state index in [9.17, 15) is 9.59 Å². The fourth-order valence-corrected chi connectivity index (χ4v) is 2.14. The van der Waals surface area contributed by atoms with E-state index in [1.165, 1.54) is 0 Å². The van der Waals surface area contributed by atoms with E-state index in [1.807, 2.05) is 13.8 Å². The molecule has 0 aromatic carbocycles. The molecule has 0 unspecified atom stereocenters. The van der Waals surface area contributed by atoms with Crippen molar-refractivity contribution in [1.82, 2.24) is 0 Å². The SMILES string of the molecule is C[C@@H]1C[C@@H](C(=O)O)[C@H](C(=O)O)C[C@@H]1C. The standard InChI is InChI=1S/C10H16O4/c1-5-3-7(9(11)12)8(10(13)14)4-6(5)2/h5-8H,3-4H2,1-2H3,(H,11,12)(H,13,14)/t5-,6+,7-,8-/m1/s1. The quantitative estimate of drug-likeness (QED) is 0.707. The van der Waals surface area contributed by atoms with Crippen molar-refractivity contribution in [3.63, 3.8) is 0 Å². The highest BCUT2D eigenvalue weighted by Crippen LogP contribution is 2.37. The van der Waals surface area contributed by atoms with Gasteiger partial charge in [0.2, 0.25) is 0 Å². The molecule has 1 aliphatic carbocycles. The maximum absolute atomic E-state index is 10.9. The highest BCUT2D eigenvalue weighted by Gasteiger charge is 2.40. The molecule has 0 spiro atoms. The second-order valence-corrected chi connectivity index (χ2v) is 4.32. The summed E-state index contributed by atoms with van der Waals surface area (Å²) in [6.07, 6.45) is 0.959. The highest BCUT2D eigenvalue weighted by atomic mass is 16.4. The Morgan fingerprint density at radius 2 is 1.21 bits per heavy atom. The first-order valence-corrected chi connectivity index (χ1v) is 4.89. The second kappa shape index (κ2) is 3.98. The van der Waals surface area contributed by atoms with Crippen LogP contribution in [0.25, 0.3) is 0 Å². The van der Waals surface area contributed by atoms with Crippen LogP contribution in [0.1, 0.15) is 26.7 Å². The summed E-state index contributed by atoms with van der Waals surface area (Å²) in [6.45, 7) is 3.97. The van der Waals surface area contributed by atoms with Gasteiger partial charge in [0.1, 0.15) is 0 Å². The molecule has 0 aliphatic heterocycles. The largest absolute Gasteiger partial charge is 0.481 e. The van der Waals surface area contributed by atoms with Crippen molar-refractivity contribution >= 4 is 11.9 Å². The van der Waals surface area contributed by atoms with E-state index in [2.05, 4.69) is 0 Å². The number of hydrogen-bond acceptors (Lipinski definition) is 2. The van der Waals surface area contributed by atoms with E-state index in [1.54, 1.807) is 0 Å². The van der Waals surface area contributed by atoms with Crippen molar-refractivity contribution in [2.45, 2.75) is 26.7 Å². The molecule has 2 N–H and O–H groups in total. The maximum atomic E-state index is 10.9. The van der Waals surface area contributed by atoms with E-state index < -0.39 is 23.8 Å². The van der Waals surface area contributed by atoms with Crippen LogP contribution in [-0.4, -0.2) is 22.2 Å². The lowest BCUT2D eigenvalue weighted by molar-refractivity contribution is -0.157. The summed E-state index contributed by atoms with van der Waals surface area (Å²) in [5.74, 6) is -2.77. The van der Waals surface area contributed by atoms with Gasteiger partial charge in [-0.3, -0.25) is 9.59 Å². The van der Waals surface area contributed by atoms with Gasteiger partial charge in [0.15, 0.2) is 0 Å². The van der Waals surface area contributed by atoms with E-state index in [0.717, 1.165) is 0 Å². The predicted octanol–water partition coefficient (Wildman–Crippen LogP) is 1.45. The molecule has 4 nitrogen and oxygen atoms in total. The van der Waals surface area contributed by atoms with Crippen molar-refractivity contribution in [1.29, 1.82) is 0 Å². The van der Waals surface area contributed by atoms with Crippen molar-refractivity contribution in [3.8, 4) is 0 Å². The minimum absolute atomic E-state index is 0.298. The molecule has 0 aromatic rings. The lowest BCUT2D eigenvalue weighted by Gasteiger charge is -2.34. The number of hydrogen-bond donors (Lipinski definition) is 2. The predicted molar refractivity (Wildman–Crippen MR) is 49.8 cm³/mol. The summed E-state index contributed by atoms with van der Waals surface area (Å²) in [4.78, 5) is 21.7. The van der Waals surface area contributed by atoms with Crippen LogP contribution in [0, 0.1) is 23.7 Å². The summed E-state index contributed by atoms with van der Waals surface area (Å²) in [5.41, 5.74) is 0. The normalized spacial score (nSPS) is 37.9. The van der Waals surface area contributed by atoms with Gasteiger partial charge in [0.05, 0.1) is 11.8 Å². The lowest BCUT2D eigenvalue weighted by Crippen LogP contribution is -2.38. The van der Waals surface area contributed by atoms with Gasteiger partial charge < -0.3 is 10.2 Å². The van der Waals surface area contributed by atoms with Crippen LogP contribution in [0.2, 0.25) is 0 Å². The minimum Gasteiger partial charge on any atom is -0.481 e. The van der Waals surface area contributed by atoms with Gasteiger partial charge in [-0.1, -0.05) is 13.8 Å². The summed E-state index contributed by atoms with van der Waals surface area (Å²) in [7, 11) is 0. The fraction of sp³-hybridized carbons (Fsp3) is 0.800. The van der Waals surface area contributed by atoms with Crippen molar-refractivity contribution in [2.24, 2.45) is 23.7 Å². The van der Waals surface area contributed by atoms with Gasteiger partial charge in [-0.2, -0.15) is 0 Å². The first-order valence-electron chi connectivity index (χ1n) is 4.89. The molecular weight excluding hydrogens is 184 g/mol. The van der Waals surface area contributed by atoms with Gasteiger partial charge >= 0.3 is 11.9 Å². The molecule has 1 rings (SSSR count). The molecule has 0 heterocycles. The average Bonchev–Trinajstić information content (AvgIpc) is 2.08. The van der Waals surface area contributed by atoms with Gasteiger partial charge in [-0.15, -0.1) is 0 Å². The Morgan fingerprint density at radius 1 is 0.929 bits per heavy atom. The third-order valence-electron chi connectivity index (χ3n) is 3.34. The third-order valence-corrected chi connectivity index (χ3v) is 3.34. The zero-order valence-electron chi connectivity index (χ0n) is 8.43. The molecule has 0 bridgehead atoms. The minimum atomic E-state index is -0.976. The average molecular weight is 200 g/mol. The molecule has 0 saturated heterocycles. The van der Waals surface area contributed by atoms with Crippen LogP contribution >= 0.6 is 0 Å². The molecule has 4 heteroatoms. The summed E-state index contributed by atoms with van der Waals surface area (Å²) in [6, 6.07) is 0. The van der Waals surface area contributed by atoms with Crippen molar-refractivity contribution in [3.05, 3.63) is 0 Å². The Kier molecular flexibility index (Phi) is 3.13. The van der Waals surface area contributed by atoms with Crippen LogP contribution in [0.4, 0.5) is 0 Å². The Balaban J connectivity index is 2.80. The van der Waals surface area contributed by atoms with E-state index in [4.69, 9.17) is 10.2 Å². The molecule has 0 radical (unpaired) electrons. The van der Waals surface area contributed by atoms with Gasteiger partial charge in [0, 0.05) is 0 Å². The number of carbonyl (C=O) groups is 2. The Labute approximate surface area is 82.9 Å². The molecule has 1 fully saturated rings. The van der Waals surface area contributed by atoms with E-state index >= 15 is 0 Å². The van der Waals surface area contributed by atoms with Crippen LogP contribution in [0.5, 0.6) is 0 Å². The fourth-order valence-electron chi connectivity index (χ4n) is 2.14. The molecule has 1 aliphatic rings. The smallest absolute Gasteiger partial charge is 0.307 e. The van der Waals surface area contributed by atoms with Crippen LogP contribution in [0.15, 0.2) is 0 Å². The van der Waals surface area contributed by atoms with Gasteiger partial charge in [-0.05, 0) is 24.7 Å². The first-order chi connectivity index (χ1) is 6.43. The molecule has 14 heavy (non-hydrogen) atoms. The monoisotopic (exact) mass is 200 g/mol. The number of aliphatic carboxylic acids is 2. The molecular formula is C10H16O4. The van der Waals surface area contributed by atoms with Crippen molar-refractivity contribution in [2.75, 3.05) is 0 Å². The van der Waals surface area contributed by atoms with Crippen LogP contribution in [-0.2, 0) is 9.59 Å². The number of carboxylic acids is 2. The zero-order chi connectivity index (χ0) is 10.9. The highest BCUT2D eigenvalue weighted by molar-refractivity contribution is 5.80. The van der Waals surface area contributed by atoms with E-state index in [0.29, 0.717) is 24.7 Å². The Morgan fingerprint density at radius 3 is 1.43 bits per heavy atom. The summed E-state index contributed by atoms with van der Waals surface area (Å²) >= 11 is 0. The summed E-state index contributed by atoms with van der Waals surface area (Å²) < 4.78 is 0. The molecule has 0 amide bonds. The first kappa shape index (κ1) is 11.0. The molecule has 4 atom stereocenters. The Bertz CT molecular complexity index is 223. The van der Waals surface area contributed by atoms with Crippen LogP contribution < -0.4 is 0 Å². The molecule has 0 aromatic heterocycles. The van der Waals surface area contributed by atoms with Crippen LogP contribution in [0.3, 0.4) is 0 Å².